The number of benzene rings is 2. The number of carbonyl (C=O) groups excluding carboxylic acids is 1. The fourth-order valence-electron chi connectivity index (χ4n) is 3.37. The smallest absolute Gasteiger partial charge is 0.410 e. The third-order valence-corrected chi connectivity index (χ3v) is 8.16. The van der Waals surface area contributed by atoms with E-state index in [9.17, 15) is 17.4 Å². The molecule has 1 heterocycles. The van der Waals surface area contributed by atoms with Crippen molar-refractivity contribution >= 4 is 44.2 Å². The van der Waals surface area contributed by atoms with Crippen LogP contribution in [0.3, 0.4) is 0 Å². The van der Waals surface area contributed by atoms with Gasteiger partial charge in [-0.1, -0.05) is 29.8 Å². The summed E-state index contributed by atoms with van der Waals surface area (Å²) in [5.74, 6) is 0.244. The van der Waals surface area contributed by atoms with Gasteiger partial charge in [0.25, 0.3) is 0 Å². The molecule has 1 unspecified atom stereocenters. The summed E-state index contributed by atoms with van der Waals surface area (Å²) in [4.78, 5) is 16.2. The molecule has 0 radical (unpaired) electrons. The summed E-state index contributed by atoms with van der Waals surface area (Å²) in [5.41, 5.74) is 0.715. The molecule has 2 aromatic rings. The highest BCUT2D eigenvalue weighted by Gasteiger charge is 2.31. The summed E-state index contributed by atoms with van der Waals surface area (Å²) in [5, 5.41) is 0.535. The Labute approximate surface area is 202 Å². The monoisotopic (exact) mass is 513 g/mol. The van der Waals surface area contributed by atoms with E-state index < -0.39 is 32.5 Å². The van der Waals surface area contributed by atoms with E-state index in [4.69, 9.17) is 16.3 Å². The van der Waals surface area contributed by atoms with E-state index in [-0.39, 0.29) is 30.4 Å². The van der Waals surface area contributed by atoms with Gasteiger partial charge in [-0.3, -0.25) is 4.21 Å². The van der Waals surface area contributed by atoms with Crippen LogP contribution in [0.15, 0.2) is 52.3 Å². The Hall–Kier alpha value is -2.14. The molecule has 2 aromatic carbocycles. The van der Waals surface area contributed by atoms with Gasteiger partial charge in [0.2, 0.25) is 10.0 Å². The van der Waals surface area contributed by atoms with Crippen molar-refractivity contribution in [2.24, 2.45) is 0 Å². The van der Waals surface area contributed by atoms with Gasteiger partial charge < -0.3 is 14.5 Å². The van der Waals surface area contributed by atoms with Crippen molar-refractivity contribution in [1.29, 1.82) is 0 Å². The van der Waals surface area contributed by atoms with Gasteiger partial charge in [0.15, 0.2) is 0 Å². The lowest BCUT2D eigenvalue weighted by Crippen LogP contribution is -2.41. The SMILES string of the molecule is CN1CS(=O)c2c1cccc2S(=O)(=O)NCCN(Cc1cccc(Cl)c1)C(=O)OC(C)(C)C. The number of rotatable bonds is 7. The van der Waals surface area contributed by atoms with Crippen LogP contribution in [0.4, 0.5) is 10.5 Å². The molecule has 0 aliphatic carbocycles. The molecule has 180 valence electrons. The quantitative estimate of drug-likeness (QED) is 0.608. The molecule has 1 aliphatic heterocycles. The first kappa shape index (κ1) is 25.5. The predicted molar refractivity (Wildman–Crippen MR) is 129 cm³/mol. The van der Waals surface area contributed by atoms with Crippen molar-refractivity contribution in [1.82, 2.24) is 9.62 Å². The highest BCUT2D eigenvalue weighted by Crippen LogP contribution is 2.35. The van der Waals surface area contributed by atoms with Gasteiger partial charge in [0, 0.05) is 31.7 Å². The van der Waals surface area contributed by atoms with E-state index in [1.54, 1.807) is 63.1 Å². The molecule has 1 aliphatic rings. The fraction of sp³-hybridized carbons (Fsp3) is 0.409. The minimum absolute atomic E-state index is 0.0126. The zero-order valence-corrected chi connectivity index (χ0v) is 21.4. The number of fused-ring (bicyclic) bond motifs is 1. The fourth-order valence-corrected chi connectivity index (χ4v) is 6.68. The summed E-state index contributed by atoms with van der Waals surface area (Å²) in [6.07, 6.45) is -0.565. The number of hydrogen-bond donors (Lipinski definition) is 1. The van der Waals surface area contributed by atoms with Crippen molar-refractivity contribution in [3.05, 3.63) is 53.1 Å². The number of hydrogen-bond acceptors (Lipinski definition) is 6. The van der Waals surface area contributed by atoms with Crippen LogP contribution in [0.25, 0.3) is 0 Å². The Morgan fingerprint density at radius 3 is 2.61 bits per heavy atom. The van der Waals surface area contributed by atoms with Gasteiger partial charge in [-0.15, -0.1) is 0 Å². The Kier molecular flexibility index (Phi) is 7.73. The average Bonchev–Trinajstić information content (AvgIpc) is 3.00. The maximum atomic E-state index is 13.0. The Morgan fingerprint density at radius 1 is 1.24 bits per heavy atom. The lowest BCUT2D eigenvalue weighted by atomic mass is 10.2. The molecule has 0 bridgehead atoms. The lowest BCUT2D eigenvalue weighted by Gasteiger charge is -2.27. The van der Waals surface area contributed by atoms with Crippen LogP contribution >= 0.6 is 11.6 Å². The van der Waals surface area contributed by atoms with Crippen LogP contribution in [0, 0.1) is 0 Å². The predicted octanol–water partition coefficient (Wildman–Crippen LogP) is 3.57. The third kappa shape index (κ3) is 6.47. The molecule has 8 nitrogen and oxygen atoms in total. The molecule has 0 aromatic heterocycles. The second kappa shape index (κ2) is 10.0. The molecule has 1 N–H and O–H groups in total. The van der Waals surface area contributed by atoms with E-state index in [0.717, 1.165) is 5.56 Å². The highest BCUT2D eigenvalue weighted by molar-refractivity contribution is 7.91. The summed E-state index contributed by atoms with van der Waals surface area (Å²) >= 11 is 6.06. The Morgan fingerprint density at radius 2 is 1.94 bits per heavy atom. The van der Waals surface area contributed by atoms with Gasteiger partial charge in [-0.05, 0) is 50.6 Å². The molecule has 0 saturated carbocycles. The molecular weight excluding hydrogens is 486 g/mol. The van der Waals surface area contributed by atoms with Crippen LogP contribution in [-0.2, 0) is 32.1 Å². The highest BCUT2D eigenvalue weighted by atomic mass is 35.5. The summed E-state index contributed by atoms with van der Waals surface area (Å²) in [7, 11) is -3.62. The zero-order chi connectivity index (χ0) is 24.4. The molecule has 3 rings (SSSR count). The van der Waals surface area contributed by atoms with E-state index >= 15 is 0 Å². The van der Waals surface area contributed by atoms with Crippen molar-refractivity contribution in [3.63, 3.8) is 0 Å². The molecule has 11 heteroatoms. The maximum absolute atomic E-state index is 13.0. The molecule has 0 spiro atoms. The van der Waals surface area contributed by atoms with Crippen molar-refractivity contribution in [2.75, 3.05) is 30.9 Å². The van der Waals surface area contributed by atoms with Gasteiger partial charge in [-0.2, -0.15) is 0 Å². The van der Waals surface area contributed by atoms with Gasteiger partial charge in [0.05, 0.1) is 27.3 Å². The number of amides is 1. The van der Waals surface area contributed by atoms with E-state index in [1.165, 1.54) is 11.0 Å². The van der Waals surface area contributed by atoms with Crippen LogP contribution < -0.4 is 9.62 Å². The topological polar surface area (TPSA) is 96.0 Å². The zero-order valence-electron chi connectivity index (χ0n) is 19.0. The minimum Gasteiger partial charge on any atom is -0.444 e. The molecule has 0 fully saturated rings. The number of nitrogens with one attached hydrogen (secondary N) is 1. The summed E-state index contributed by atoms with van der Waals surface area (Å²) in [6, 6.07) is 11.9. The first-order valence-corrected chi connectivity index (χ1v) is 13.5. The molecule has 33 heavy (non-hydrogen) atoms. The normalized spacial score (nSPS) is 15.9. The third-order valence-electron chi connectivity index (χ3n) is 4.79. The first-order valence-electron chi connectivity index (χ1n) is 10.3. The minimum atomic E-state index is -3.95. The van der Waals surface area contributed by atoms with Crippen molar-refractivity contribution in [3.8, 4) is 0 Å². The van der Waals surface area contributed by atoms with Crippen LogP contribution in [0.5, 0.6) is 0 Å². The molecule has 1 amide bonds. The number of carbonyl (C=O) groups is 1. The lowest BCUT2D eigenvalue weighted by molar-refractivity contribution is 0.0238. The van der Waals surface area contributed by atoms with Crippen LogP contribution in [0.1, 0.15) is 26.3 Å². The van der Waals surface area contributed by atoms with Gasteiger partial charge in [0.1, 0.15) is 10.5 Å². The number of sulfonamides is 1. The first-order chi connectivity index (χ1) is 15.4. The molecule has 0 saturated heterocycles. The van der Waals surface area contributed by atoms with Crippen LogP contribution in [0.2, 0.25) is 5.02 Å². The Balaban J connectivity index is 1.75. The standard InChI is InChI=1S/C22H28ClN3O5S2/c1-22(2,3)31-21(27)26(14-16-7-5-8-17(23)13-16)12-11-24-33(29,30)19-10-6-9-18-20(19)32(28)15-25(18)4/h5-10,13,24H,11-12,14-15H2,1-4H3. The Bertz CT molecular complexity index is 1160. The number of ether oxygens (including phenoxy) is 1. The number of halogens is 1. The van der Waals surface area contributed by atoms with Crippen LogP contribution in [-0.4, -0.2) is 55.2 Å². The maximum Gasteiger partial charge on any atom is 0.410 e. The largest absolute Gasteiger partial charge is 0.444 e. The molecular formula is C22H28ClN3O5S2. The van der Waals surface area contributed by atoms with E-state index in [2.05, 4.69) is 4.72 Å². The van der Waals surface area contributed by atoms with Crippen molar-refractivity contribution < 1.29 is 22.2 Å². The number of nitrogens with zero attached hydrogens (tertiary/aromatic N) is 2. The summed E-state index contributed by atoms with van der Waals surface area (Å²) in [6.45, 7) is 5.51. The van der Waals surface area contributed by atoms with Crippen molar-refractivity contribution in [2.45, 2.75) is 42.7 Å². The summed E-state index contributed by atoms with van der Waals surface area (Å²) < 4.78 is 46.5. The van der Waals surface area contributed by atoms with Gasteiger partial charge >= 0.3 is 6.09 Å². The second-order valence-corrected chi connectivity index (χ2v) is 12.2. The van der Waals surface area contributed by atoms with E-state index in [1.807, 2.05) is 6.07 Å². The average molecular weight is 514 g/mol. The molecule has 1 atom stereocenters. The second-order valence-electron chi connectivity index (χ2n) is 8.71. The van der Waals surface area contributed by atoms with E-state index in [0.29, 0.717) is 15.6 Å². The number of anilines is 1. The van der Waals surface area contributed by atoms with Gasteiger partial charge in [-0.25, -0.2) is 17.9 Å².